The van der Waals surface area contributed by atoms with Gasteiger partial charge in [0.2, 0.25) is 5.91 Å². The molecule has 0 aliphatic rings. The maximum Gasteiger partial charge on any atom is 0.339 e. The zero-order valence-electron chi connectivity index (χ0n) is 26.4. The molecule has 0 spiro atoms. The van der Waals surface area contributed by atoms with Crippen molar-refractivity contribution < 1.29 is 38.5 Å². The first-order valence-electron chi connectivity index (χ1n) is 15.0. The van der Waals surface area contributed by atoms with E-state index in [1.54, 1.807) is 6.92 Å². The summed E-state index contributed by atoms with van der Waals surface area (Å²) >= 11 is 1.52. The molecular weight excluding hydrogens is 618 g/mol. The largest absolute Gasteiger partial charge is 0.507 e. The van der Waals surface area contributed by atoms with Gasteiger partial charge < -0.3 is 24.6 Å². The van der Waals surface area contributed by atoms with E-state index in [0.717, 1.165) is 16.7 Å². The number of thioether (sulfide) groups is 1. The number of ether oxygens (including phenoxy) is 3. The molecule has 0 aromatic heterocycles. The molecule has 47 heavy (non-hydrogen) atoms. The number of carbonyl (C=O) groups excluding carboxylic acids is 4. The van der Waals surface area contributed by atoms with Crippen molar-refractivity contribution in [2.75, 3.05) is 26.6 Å². The molecule has 244 valence electrons. The first-order valence-corrected chi connectivity index (χ1v) is 16.0. The third-order valence-corrected chi connectivity index (χ3v) is 9.35. The Hall–Kier alpha value is -5.09. The highest BCUT2D eigenvalue weighted by Crippen LogP contribution is 2.48. The summed E-state index contributed by atoms with van der Waals surface area (Å²) in [5, 5.41) is 12.9. The molecule has 0 heterocycles. The number of hydrogen-bond donors (Lipinski definition) is 2. The van der Waals surface area contributed by atoms with Gasteiger partial charge in [-0.05, 0) is 30.0 Å². The Bertz CT molecular complexity index is 1580. The van der Waals surface area contributed by atoms with E-state index in [0.29, 0.717) is 11.8 Å². The molecule has 1 amide bonds. The topological polar surface area (TPSA) is 128 Å². The first kappa shape index (κ1) is 34.8. The smallest absolute Gasteiger partial charge is 0.339 e. The molecule has 1 atom stereocenters. The molecule has 0 aliphatic heterocycles. The summed E-state index contributed by atoms with van der Waals surface area (Å²) in [6, 6.07) is 30.3. The third kappa shape index (κ3) is 8.01. The van der Waals surface area contributed by atoms with Crippen LogP contribution < -0.4 is 10.1 Å². The Morgan fingerprint density at radius 3 is 1.89 bits per heavy atom. The molecule has 4 rings (SSSR count). The molecule has 4 aromatic carbocycles. The van der Waals surface area contributed by atoms with Crippen LogP contribution in [0.5, 0.6) is 11.5 Å². The van der Waals surface area contributed by atoms with E-state index in [-0.39, 0.29) is 42.1 Å². The van der Waals surface area contributed by atoms with Crippen LogP contribution in [0.3, 0.4) is 0 Å². The molecular formula is C37H37NO8S. The second kappa shape index (κ2) is 16.5. The number of methoxy groups -OCH3 is 2. The van der Waals surface area contributed by atoms with Crippen LogP contribution in [0.4, 0.5) is 0 Å². The molecule has 9 nitrogen and oxygen atoms in total. The van der Waals surface area contributed by atoms with Crippen LogP contribution in [0.2, 0.25) is 0 Å². The lowest BCUT2D eigenvalue weighted by atomic mass is 9.84. The number of amides is 1. The number of phenolic OH excluding ortho intramolecular Hbond substituents is 1. The lowest BCUT2D eigenvalue weighted by molar-refractivity contribution is -0.144. The van der Waals surface area contributed by atoms with Gasteiger partial charge in [-0.1, -0.05) is 91.0 Å². The summed E-state index contributed by atoms with van der Waals surface area (Å²) < 4.78 is 14.9. The monoisotopic (exact) mass is 655 g/mol. The van der Waals surface area contributed by atoms with Crippen molar-refractivity contribution in [1.29, 1.82) is 0 Å². The van der Waals surface area contributed by atoms with Crippen LogP contribution in [0, 0.1) is 6.92 Å². The van der Waals surface area contributed by atoms with E-state index in [2.05, 4.69) is 5.32 Å². The Balaban J connectivity index is 1.48. The maximum atomic E-state index is 13.0. The van der Waals surface area contributed by atoms with Crippen molar-refractivity contribution in [3.63, 3.8) is 0 Å². The van der Waals surface area contributed by atoms with Crippen molar-refractivity contribution in [1.82, 2.24) is 5.32 Å². The van der Waals surface area contributed by atoms with Gasteiger partial charge in [-0.15, -0.1) is 11.8 Å². The van der Waals surface area contributed by atoms with Gasteiger partial charge in [0.1, 0.15) is 17.5 Å². The van der Waals surface area contributed by atoms with Crippen LogP contribution in [-0.2, 0) is 23.8 Å². The number of phenols is 1. The molecule has 10 heteroatoms. The SMILES string of the molecule is COC(=O)[C@H](CSC(c1ccccc1)(c1ccccc1)c1ccccc1)NC(=O)CCCOC(=O)c1c(C)c(OC)cc(O)c1C=O. The Kier molecular flexibility index (Phi) is 12.2. The van der Waals surface area contributed by atoms with Gasteiger partial charge >= 0.3 is 11.9 Å². The fourth-order valence-electron chi connectivity index (χ4n) is 5.38. The van der Waals surface area contributed by atoms with E-state index >= 15 is 0 Å². The number of hydrogen-bond acceptors (Lipinski definition) is 9. The minimum absolute atomic E-state index is 0.0461. The number of aldehydes is 1. The molecule has 0 saturated heterocycles. The Labute approximate surface area is 278 Å². The number of benzene rings is 4. The van der Waals surface area contributed by atoms with Gasteiger partial charge in [0.15, 0.2) is 6.29 Å². The quantitative estimate of drug-likeness (QED) is 0.0703. The number of esters is 2. The molecule has 0 saturated carbocycles. The molecule has 0 unspecified atom stereocenters. The molecule has 0 aliphatic carbocycles. The fourth-order valence-corrected chi connectivity index (χ4v) is 6.93. The first-order chi connectivity index (χ1) is 22.8. The van der Waals surface area contributed by atoms with E-state index in [9.17, 15) is 24.3 Å². The summed E-state index contributed by atoms with van der Waals surface area (Å²) in [7, 11) is 2.65. The number of aromatic hydroxyl groups is 1. The van der Waals surface area contributed by atoms with Crippen molar-refractivity contribution in [3.05, 3.63) is 130 Å². The van der Waals surface area contributed by atoms with Crippen molar-refractivity contribution >= 4 is 35.9 Å². The number of nitrogens with one attached hydrogen (secondary N) is 1. The minimum Gasteiger partial charge on any atom is -0.507 e. The van der Waals surface area contributed by atoms with Crippen LogP contribution >= 0.6 is 11.8 Å². The fraction of sp³-hybridized carbons (Fsp3) is 0.243. The second-order valence-corrected chi connectivity index (χ2v) is 11.8. The van der Waals surface area contributed by atoms with Crippen molar-refractivity contribution in [3.8, 4) is 11.5 Å². The number of carbonyl (C=O) groups is 4. The van der Waals surface area contributed by atoms with Gasteiger partial charge in [-0.25, -0.2) is 9.59 Å². The average Bonchev–Trinajstić information content (AvgIpc) is 3.11. The van der Waals surface area contributed by atoms with E-state index < -0.39 is 34.4 Å². The molecule has 2 N–H and O–H groups in total. The lowest BCUT2D eigenvalue weighted by Crippen LogP contribution is -2.44. The summed E-state index contributed by atoms with van der Waals surface area (Å²) in [4.78, 5) is 50.4. The average molecular weight is 656 g/mol. The predicted molar refractivity (Wildman–Crippen MR) is 180 cm³/mol. The summed E-state index contributed by atoms with van der Waals surface area (Å²) in [5.74, 6) is -1.83. The number of rotatable bonds is 15. The highest BCUT2D eigenvalue weighted by Gasteiger charge is 2.38. The zero-order chi connectivity index (χ0) is 33.8. The van der Waals surface area contributed by atoms with Crippen molar-refractivity contribution in [2.45, 2.75) is 30.6 Å². The van der Waals surface area contributed by atoms with E-state index in [4.69, 9.17) is 14.2 Å². The zero-order valence-corrected chi connectivity index (χ0v) is 27.3. The van der Waals surface area contributed by atoms with Crippen LogP contribution in [0.25, 0.3) is 0 Å². The van der Waals surface area contributed by atoms with Crippen LogP contribution in [-0.4, -0.2) is 61.9 Å². The van der Waals surface area contributed by atoms with Crippen LogP contribution in [0.1, 0.15) is 55.8 Å². The molecule has 4 aromatic rings. The lowest BCUT2D eigenvalue weighted by Gasteiger charge is -2.36. The summed E-state index contributed by atoms with van der Waals surface area (Å²) in [6.45, 7) is 1.43. The molecule has 0 fully saturated rings. The predicted octanol–water partition coefficient (Wildman–Crippen LogP) is 5.84. The second-order valence-electron chi connectivity index (χ2n) is 10.6. The minimum atomic E-state index is -0.965. The summed E-state index contributed by atoms with van der Waals surface area (Å²) in [6.07, 6.45) is 0.473. The van der Waals surface area contributed by atoms with Gasteiger partial charge in [-0.3, -0.25) is 9.59 Å². The van der Waals surface area contributed by atoms with Gasteiger partial charge in [0.25, 0.3) is 0 Å². The van der Waals surface area contributed by atoms with Gasteiger partial charge in [-0.2, -0.15) is 0 Å². The summed E-state index contributed by atoms with van der Waals surface area (Å²) in [5.41, 5.74) is 3.06. The third-order valence-electron chi connectivity index (χ3n) is 7.71. The van der Waals surface area contributed by atoms with Crippen molar-refractivity contribution in [2.24, 2.45) is 0 Å². The van der Waals surface area contributed by atoms with Gasteiger partial charge in [0.05, 0.1) is 36.7 Å². The standard InChI is InChI=1S/C37H37NO8S/c1-25-32(44-2)22-31(40)29(23-39)34(25)36(43)46-21-13-20-33(41)38-30(35(42)45-3)24-47-37(26-14-7-4-8-15-26,27-16-9-5-10-17-27)28-18-11-6-12-19-28/h4-12,14-19,22-23,30,40H,13,20-21,24H2,1-3H3,(H,38,41)/t30-/m0/s1. The normalized spacial score (nSPS) is 11.6. The van der Waals surface area contributed by atoms with Crippen LogP contribution in [0.15, 0.2) is 97.1 Å². The Morgan fingerprint density at radius 1 is 0.894 bits per heavy atom. The Morgan fingerprint density at radius 2 is 1.43 bits per heavy atom. The molecule has 0 radical (unpaired) electrons. The van der Waals surface area contributed by atoms with E-state index in [1.807, 2.05) is 91.0 Å². The highest BCUT2D eigenvalue weighted by atomic mass is 32.2. The highest BCUT2D eigenvalue weighted by molar-refractivity contribution is 8.00. The maximum absolute atomic E-state index is 13.0. The van der Waals surface area contributed by atoms with E-state index in [1.165, 1.54) is 32.0 Å². The molecule has 0 bridgehead atoms. The van der Waals surface area contributed by atoms with Gasteiger partial charge in [0, 0.05) is 23.8 Å².